The van der Waals surface area contributed by atoms with Crippen molar-refractivity contribution in [1.82, 2.24) is 4.98 Å². The maximum absolute atomic E-state index is 5.95. The van der Waals surface area contributed by atoms with Gasteiger partial charge in [-0.25, -0.2) is 0 Å². The van der Waals surface area contributed by atoms with E-state index in [1.165, 1.54) is 0 Å². The van der Waals surface area contributed by atoms with E-state index in [0.29, 0.717) is 6.54 Å². The highest BCUT2D eigenvalue weighted by Gasteiger charge is 2.13. The third kappa shape index (κ3) is 2.49. The van der Waals surface area contributed by atoms with E-state index in [1.54, 1.807) is 0 Å². The van der Waals surface area contributed by atoms with Gasteiger partial charge >= 0.3 is 0 Å². The Morgan fingerprint density at radius 3 is 2.55 bits per heavy atom. The molecule has 0 amide bonds. The predicted octanol–water partition coefficient (Wildman–Crippen LogP) is 3.35. The van der Waals surface area contributed by atoms with Gasteiger partial charge in [-0.1, -0.05) is 42.5 Å². The zero-order valence-electron chi connectivity index (χ0n) is 11.2. The van der Waals surface area contributed by atoms with Crippen LogP contribution in [0.5, 0.6) is 0 Å². The monoisotopic (exact) mass is 263 g/mol. The lowest BCUT2D eigenvalue weighted by Crippen LogP contribution is -2.21. The van der Waals surface area contributed by atoms with E-state index in [4.69, 9.17) is 5.73 Å². The summed E-state index contributed by atoms with van der Waals surface area (Å²) >= 11 is 0. The minimum Gasteiger partial charge on any atom is -0.377 e. The summed E-state index contributed by atoms with van der Waals surface area (Å²) in [6.07, 6.45) is 1.82. The number of hydrogen-bond acceptors (Lipinski definition) is 3. The standard InChI is InChI=1S/C17H17N3/c18-12-16(20-14-8-2-1-3-9-14)15-10-4-6-13-7-5-11-19-17(13)15/h1-11,16,20H,12,18H2. The number of nitrogens with zero attached hydrogens (tertiary/aromatic N) is 1. The Kier molecular flexibility index (Phi) is 3.61. The average molecular weight is 263 g/mol. The lowest BCUT2D eigenvalue weighted by atomic mass is 10.0. The highest BCUT2D eigenvalue weighted by Crippen LogP contribution is 2.24. The molecule has 1 atom stereocenters. The van der Waals surface area contributed by atoms with Crippen LogP contribution in [0.2, 0.25) is 0 Å². The molecular weight excluding hydrogens is 246 g/mol. The molecule has 0 spiro atoms. The fourth-order valence-electron chi connectivity index (χ4n) is 2.41. The molecular formula is C17H17N3. The van der Waals surface area contributed by atoms with Crippen molar-refractivity contribution < 1.29 is 0 Å². The van der Waals surface area contributed by atoms with Gasteiger partial charge in [-0.3, -0.25) is 4.98 Å². The average Bonchev–Trinajstić information content (AvgIpc) is 2.53. The van der Waals surface area contributed by atoms with E-state index in [1.807, 2.05) is 42.6 Å². The fourth-order valence-corrected chi connectivity index (χ4v) is 2.41. The lowest BCUT2D eigenvalue weighted by Gasteiger charge is -2.19. The third-order valence-corrected chi connectivity index (χ3v) is 3.39. The zero-order chi connectivity index (χ0) is 13.8. The Morgan fingerprint density at radius 1 is 0.950 bits per heavy atom. The Balaban J connectivity index is 1.99. The second kappa shape index (κ2) is 5.72. The first kappa shape index (κ1) is 12.6. The molecule has 20 heavy (non-hydrogen) atoms. The highest BCUT2D eigenvalue weighted by atomic mass is 14.9. The van der Waals surface area contributed by atoms with Gasteiger partial charge in [0.2, 0.25) is 0 Å². The number of fused-ring (bicyclic) bond motifs is 1. The molecule has 2 aromatic carbocycles. The van der Waals surface area contributed by atoms with Gasteiger partial charge in [0.25, 0.3) is 0 Å². The van der Waals surface area contributed by atoms with Gasteiger partial charge in [-0.2, -0.15) is 0 Å². The Bertz CT molecular complexity index is 689. The van der Waals surface area contributed by atoms with Crippen molar-refractivity contribution in [3.8, 4) is 0 Å². The second-order valence-corrected chi connectivity index (χ2v) is 4.72. The molecule has 0 fully saturated rings. The van der Waals surface area contributed by atoms with Crippen molar-refractivity contribution in [2.45, 2.75) is 6.04 Å². The van der Waals surface area contributed by atoms with Crippen molar-refractivity contribution in [3.05, 3.63) is 72.4 Å². The number of rotatable bonds is 4. The molecule has 3 nitrogen and oxygen atoms in total. The molecule has 0 aliphatic rings. The summed E-state index contributed by atoms with van der Waals surface area (Å²) in [7, 11) is 0. The van der Waals surface area contributed by atoms with Gasteiger partial charge < -0.3 is 11.1 Å². The lowest BCUT2D eigenvalue weighted by molar-refractivity contribution is 0.794. The minimum absolute atomic E-state index is 0.0519. The van der Waals surface area contributed by atoms with E-state index < -0.39 is 0 Å². The topological polar surface area (TPSA) is 50.9 Å². The number of para-hydroxylation sites is 2. The van der Waals surface area contributed by atoms with Gasteiger partial charge in [0.15, 0.2) is 0 Å². The maximum atomic E-state index is 5.95. The summed E-state index contributed by atoms with van der Waals surface area (Å²) in [4.78, 5) is 4.50. The number of nitrogens with two attached hydrogens (primary N) is 1. The summed E-state index contributed by atoms with van der Waals surface area (Å²) in [5.41, 5.74) is 9.16. The SMILES string of the molecule is NCC(Nc1ccccc1)c1cccc2cccnc12. The van der Waals surface area contributed by atoms with Gasteiger partial charge in [0.1, 0.15) is 0 Å². The first-order valence-electron chi connectivity index (χ1n) is 6.74. The number of benzene rings is 2. The van der Waals surface area contributed by atoms with Crippen LogP contribution in [-0.2, 0) is 0 Å². The van der Waals surface area contributed by atoms with Crippen LogP contribution in [0.15, 0.2) is 66.9 Å². The number of pyridine rings is 1. The Hall–Kier alpha value is -2.39. The van der Waals surface area contributed by atoms with Crippen LogP contribution in [0.1, 0.15) is 11.6 Å². The first-order valence-corrected chi connectivity index (χ1v) is 6.74. The smallest absolute Gasteiger partial charge is 0.0755 e. The van der Waals surface area contributed by atoms with Gasteiger partial charge in [-0.15, -0.1) is 0 Å². The molecule has 3 heteroatoms. The van der Waals surface area contributed by atoms with Crippen LogP contribution >= 0.6 is 0 Å². The normalized spacial score (nSPS) is 12.2. The highest BCUT2D eigenvalue weighted by molar-refractivity contribution is 5.82. The molecule has 1 unspecified atom stereocenters. The van der Waals surface area contributed by atoms with E-state index in [9.17, 15) is 0 Å². The molecule has 1 heterocycles. The molecule has 1 aromatic heterocycles. The predicted molar refractivity (Wildman–Crippen MR) is 83.6 cm³/mol. The molecule has 100 valence electrons. The van der Waals surface area contributed by atoms with E-state index in [2.05, 4.69) is 34.6 Å². The maximum Gasteiger partial charge on any atom is 0.0755 e. The van der Waals surface area contributed by atoms with Crippen LogP contribution in [-0.4, -0.2) is 11.5 Å². The molecule has 0 saturated carbocycles. The Morgan fingerprint density at radius 2 is 1.75 bits per heavy atom. The summed E-state index contributed by atoms with van der Waals surface area (Å²) < 4.78 is 0. The van der Waals surface area contributed by atoms with E-state index in [0.717, 1.165) is 22.2 Å². The van der Waals surface area contributed by atoms with Crippen molar-refractivity contribution >= 4 is 16.6 Å². The van der Waals surface area contributed by atoms with Crippen LogP contribution in [0.25, 0.3) is 10.9 Å². The summed E-state index contributed by atoms with van der Waals surface area (Å²) in [5, 5.41) is 4.61. The van der Waals surface area contributed by atoms with Gasteiger partial charge in [-0.05, 0) is 18.2 Å². The molecule has 0 saturated heterocycles. The van der Waals surface area contributed by atoms with E-state index in [-0.39, 0.29) is 6.04 Å². The van der Waals surface area contributed by atoms with Gasteiger partial charge in [0, 0.05) is 29.4 Å². The quantitative estimate of drug-likeness (QED) is 0.759. The number of anilines is 1. The summed E-state index contributed by atoms with van der Waals surface area (Å²) in [6.45, 7) is 0.518. The Labute approximate surface area is 118 Å². The van der Waals surface area contributed by atoms with Gasteiger partial charge in [0.05, 0.1) is 11.6 Å². The number of aromatic nitrogens is 1. The van der Waals surface area contributed by atoms with Crippen LogP contribution in [0.4, 0.5) is 5.69 Å². The largest absolute Gasteiger partial charge is 0.377 e. The minimum atomic E-state index is 0.0519. The van der Waals surface area contributed by atoms with E-state index >= 15 is 0 Å². The molecule has 3 N–H and O–H groups in total. The van der Waals surface area contributed by atoms with Crippen molar-refractivity contribution in [2.24, 2.45) is 5.73 Å². The summed E-state index contributed by atoms with van der Waals surface area (Å²) in [6, 6.07) is 20.4. The fraction of sp³-hybridized carbons (Fsp3) is 0.118. The molecule has 0 radical (unpaired) electrons. The first-order chi connectivity index (χ1) is 9.88. The second-order valence-electron chi connectivity index (χ2n) is 4.72. The molecule has 3 aromatic rings. The molecule has 3 rings (SSSR count). The van der Waals surface area contributed by atoms with Crippen molar-refractivity contribution in [1.29, 1.82) is 0 Å². The zero-order valence-corrected chi connectivity index (χ0v) is 11.2. The van der Waals surface area contributed by atoms with Crippen LogP contribution in [0, 0.1) is 0 Å². The molecule has 0 aliphatic carbocycles. The molecule has 0 bridgehead atoms. The van der Waals surface area contributed by atoms with Crippen molar-refractivity contribution in [2.75, 3.05) is 11.9 Å². The third-order valence-electron chi connectivity index (χ3n) is 3.39. The van der Waals surface area contributed by atoms with Crippen LogP contribution < -0.4 is 11.1 Å². The number of nitrogens with one attached hydrogen (secondary N) is 1. The molecule has 0 aliphatic heterocycles. The van der Waals surface area contributed by atoms with Crippen LogP contribution in [0.3, 0.4) is 0 Å². The number of hydrogen-bond donors (Lipinski definition) is 2. The van der Waals surface area contributed by atoms with Crippen molar-refractivity contribution in [3.63, 3.8) is 0 Å². The summed E-state index contributed by atoms with van der Waals surface area (Å²) in [5.74, 6) is 0.